The molecule has 0 saturated carbocycles. The molecule has 0 spiro atoms. The molecule has 4 heterocycles. The van der Waals surface area contributed by atoms with Gasteiger partial charge in [0.05, 0.1) is 31.1 Å². The van der Waals surface area contributed by atoms with E-state index >= 15 is 0 Å². The number of hydrazone groups is 1. The number of pyridine rings is 1. The number of fused-ring (bicyclic) bond motifs is 1. The van der Waals surface area contributed by atoms with Gasteiger partial charge in [0.1, 0.15) is 5.82 Å². The lowest BCUT2D eigenvalue weighted by molar-refractivity contribution is 0.122. The Hall–Kier alpha value is -4.36. The van der Waals surface area contributed by atoms with Crippen LogP contribution in [0.15, 0.2) is 60.0 Å². The maximum Gasteiger partial charge on any atom is 0.256 e. The van der Waals surface area contributed by atoms with Crippen LogP contribution in [-0.2, 0) is 4.74 Å². The molecule has 1 N–H and O–H groups in total. The number of hydrogen-bond donors (Lipinski definition) is 1. The standard InChI is InChI=1S/C22H19N9O/c23-14-16-2-1-3-17(12-16)15-25-28-19-13-20(30-8-10-32-11-9-30)31-22(26-19)27-21(29-31)18-4-6-24-7-5-18/h1-7,12-13,15H,8-11H2,(H,26,27,28,29)/b25-15+. The van der Waals surface area contributed by atoms with Crippen LogP contribution in [0.25, 0.3) is 17.2 Å². The molecule has 0 aliphatic carbocycles. The van der Waals surface area contributed by atoms with Gasteiger partial charge in [0.25, 0.3) is 5.78 Å². The Kier molecular flexibility index (Phi) is 5.38. The van der Waals surface area contributed by atoms with Gasteiger partial charge in [-0.3, -0.25) is 10.4 Å². The fourth-order valence-corrected chi connectivity index (χ4v) is 3.41. The van der Waals surface area contributed by atoms with Crippen LogP contribution in [0.5, 0.6) is 0 Å². The zero-order valence-electron chi connectivity index (χ0n) is 17.1. The van der Waals surface area contributed by atoms with Crippen molar-refractivity contribution in [3.63, 3.8) is 0 Å². The van der Waals surface area contributed by atoms with Gasteiger partial charge < -0.3 is 9.64 Å². The van der Waals surface area contributed by atoms with Gasteiger partial charge in [0, 0.05) is 37.1 Å². The van der Waals surface area contributed by atoms with Crippen molar-refractivity contribution in [2.24, 2.45) is 5.10 Å². The van der Waals surface area contributed by atoms with Crippen LogP contribution in [-0.4, -0.2) is 57.1 Å². The van der Waals surface area contributed by atoms with Crippen molar-refractivity contribution in [2.45, 2.75) is 0 Å². The average Bonchev–Trinajstić information content (AvgIpc) is 3.29. The van der Waals surface area contributed by atoms with Crippen molar-refractivity contribution >= 4 is 23.6 Å². The second kappa shape index (κ2) is 8.79. The summed E-state index contributed by atoms with van der Waals surface area (Å²) in [5.74, 6) is 2.43. The molecule has 158 valence electrons. The summed E-state index contributed by atoms with van der Waals surface area (Å²) in [5, 5.41) is 18.0. The zero-order chi connectivity index (χ0) is 21.8. The highest BCUT2D eigenvalue weighted by atomic mass is 16.5. The molecular weight excluding hydrogens is 406 g/mol. The lowest BCUT2D eigenvalue weighted by Crippen LogP contribution is -2.37. The van der Waals surface area contributed by atoms with Gasteiger partial charge in [-0.05, 0) is 29.8 Å². The predicted octanol–water partition coefficient (Wildman–Crippen LogP) is 2.34. The molecule has 1 aliphatic heterocycles. The number of anilines is 2. The van der Waals surface area contributed by atoms with Crippen molar-refractivity contribution in [2.75, 3.05) is 36.6 Å². The summed E-state index contributed by atoms with van der Waals surface area (Å²) in [4.78, 5) is 15.4. The summed E-state index contributed by atoms with van der Waals surface area (Å²) in [5.41, 5.74) is 5.23. The molecule has 3 aromatic heterocycles. The minimum absolute atomic E-state index is 0.463. The minimum Gasteiger partial charge on any atom is -0.378 e. The van der Waals surface area contributed by atoms with Gasteiger partial charge in [-0.2, -0.15) is 24.8 Å². The molecule has 32 heavy (non-hydrogen) atoms. The van der Waals surface area contributed by atoms with Crippen molar-refractivity contribution in [3.8, 4) is 17.5 Å². The molecule has 0 bridgehead atoms. The first-order valence-corrected chi connectivity index (χ1v) is 10.1. The fraction of sp³-hybridized carbons (Fsp3) is 0.182. The maximum absolute atomic E-state index is 9.05. The summed E-state index contributed by atoms with van der Waals surface area (Å²) in [6, 6.07) is 15.0. The summed E-state index contributed by atoms with van der Waals surface area (Å²) < 4.78 is 7.24. The van der Waals surface area contributed by atoms with Crippen LogP contribution < -0.4 is 10.3 Å². The van der Waals surface area contributed by atoms with Gasteiger partial charge in [-0.15, -0.1) is 5.10 Å². The Labute approximate surface area is 183 Å². The first kappa shape index (κ1) is 19.6. The summed E-state index contributed by atoms with van der Waals surface area (Å²) in [6.45, 7) is 2.78. The van der Waals surface area contributed by atoms with Crippen LogP contribution in [0.3, 0.4) is 0 Å². The van der Waals surface area contributed by atoms with Crippen LogP contribution in [0.1, 0.15) is 11.1 Å². The number of ether oxygens (including phenoxy) is 1. The van der Waals surface area contributed by atoms with Crippen molar-refractivity contribution in [1.82, 2.24) is 24.6 Å². The first-order chi connectivity index (χ1) is 15.8. The molecule has 4 aromatic rings. The number of nitriles is 1. The monoisotopic (exact) mass is 425 g/mol. The topological polar surface area (TPSA) is 117 Å². The highest BCUT2D eigenvalue weighted by Gasteiger charge is 2.19. The Morgan fingerprint density at radius 2 is 1.94 bits per heavy atom. The van der Waals surface area contributed by atoms with E-state index in [0.717, 1.165) is 30.0 Å². The van der Waals surface area contributed by atoms with E-state index in [9.17, 15) is 0 Å². The quantitative estimate of drug-likeness (QED) is 0.383. The van der Waals surface area contributed by atoms with Crippen LogP contribution in [0, 0.1) is 11.3 Å². The SMILES string of the molecule is N#Cc1cccc(/C=N/Nc2cc(N3CCOCC3)n3nc(-c4ccncc4)nc3n2)c1. The van der Waals surface area contributed by atoms with Crippen molar-refractivity contribution in [1.29, 1.82) is 5.26 Å². The van der Waals surface area contributed by atoms with Crippen LogP contribution in [0.4, 0.5) is 11.6 Å². The van der Waals surface area contributed by atoms with Gasteiger partial charge in [-0.1, -0.05) is 12.1 Å². The number of rotatable bonds is 5. The number of aromatic nitrogens is 5. The van der Waals surface area contributed by atoms with Crippen molar-refractivity contribution < 1.29 is 4.74 Å². The van der Waals surface area contributed by atoms with E-state index in [4.69, 9.17) is 10.00 Å². The summed E-state index contributed by atoms with van der Waals surface area (Å²) in [7, 11) is 0. The van der Waals surface area contributed by atoms with Crippen LogP contribution in [0.2, 0.25) is 0 Å². The van der Waals surface area contributed by atoms with E-state index in [2.05, 4.69) is 41.5 Å². The maximum atomic E-state index is 9.05. The fourth-order valence-electron chi connectivity index (χ4n) is 3.41. The smallest absolute Gasteiger partial charge is 0.256 e. The third kappa shape index (κ3) is 4.10. The summed E-state index contributed by atoms with van der Waals surface area (Å²) >= 11 is 0. The Morgan fingerprint density at radius 3 is 2.75 bits per heavy atom. The van der Waals surface area contributed by atoms with Crippen LogP contribution >= 0.6 is 0 Å². The molecule has 10 nitrogen and oxygen atoms in total. The number of morpholine rings is 1. The lowest BCUT2D eigenvalue weighted by atomic mass is 10.1. The van der Waals surface area contributed by atoms with E-state index in [1.54, 1.807) is 35.3 Å². The second-order valence-electron chi connectivity index (χ2n) is 7.09. The number of nitrogens with zero attached hydrogens (tertiary/aromatic N) is 8. The first-order valence-electron chi connectivity index (χ1n) is 10.1. The third-order valence-corrected chi connectivity index (χ3v) is 4.98. The number of benzene rings is 1. The largest absolute Gasteiger partial charge is 0.378 e. The minimum atomic E-state index is 0.463. The molecule has 0 amide bonds. The van der Waals surface area contributed by atoms with Gasteiger partial charge in [0.15, 0.2) is 11.6 Å². The lowest BCUT2D eigenvalue weighted by Gasteiger charge is -2.28. The van der Waals surface area contributed by atoms with E-state index in [1.807, 2.05) is 30.3 Å². The van der Waals surface area contributed by atoms with E-state index < -0.39 is 0 Å². The number of nitrogens with one attached hydrogen (secondary N) is 1. The molecule has 1 fully saturated rings. The molecule has 5 rings (SSSR count). The predicted molar refractivity (Wildman–Crippen MR) is 119 cm³/mol. The molecule has 0 unspecified atom stereocenters. The molecule has 0 radical (unpaired) electrons. The highest BCUT2D eigenvalue weighted by Crippen LogP contribution is 2.23. The van der Waals surface area contributed by atoms with E-state index in [1.165, 1.54) is 0 Å². The van der Waals surface area contributed by atoms with Crippen molar-refractivity contribution in [3.05, 3.63) is 66.0 Å². The molecule has 1 saturated heterocycles. The van der Waals surface area contributed by atoms with Gasteiger partial charge in [0.2, 0.25) is 0 Å². The molecule has 10 heteroatoms. The van der Waals surface area contributed by atoms with E-state index in [-0.39, 0.29) is 0 Å². The summed E-state index contributed by atoms with van der Waals surface area (Å²) in [6.07, 6.45) is 5.06. The third-order valence-electron chi connectivity index (χ3n) is 4.98. The molecule has 0 atom stereocenters. The zero-order valence-corrected chi connectivity index (χ0v) is 17.1. The Balaban J connectivity index is 1.49. The van der Waals surface area contributed by atoms with Gasteiger partial charge in [-0.25, -0.2) is 0 Å². The highest BCUT2D eigenvalue weighted by molar-refractivity contribution is 5.80. The Morgan fingerprint density at radius 1 is 1.09 bits per heavy atom. The van der Waals surface area contributed by atoms with Gasteiger partial charge >= 0.3 is 0 Å². The molecule has 1 aromatic carbocycles. The average molecular weight is 425 g/mol. The molecular formula is C22H19N9O. The molecule has 1 aliphatic rings. The number of hydrogen-bond acceptors (Lipinski definition) is 9. The normalized spacial score (nSPS) is 14.0. The second-order valence-corrected chi connectivity index (χ2v) is 7.09. The van der Waals surface area contributed by atoms with E-state index in [0.29, 0.717) is 36.2 Å². The Bertz CT molecular complexity index is 1300.